The molecule has 0 saturated heterocycles. The lowest BCUT2D eigenvalue weighted by atomic mass is 10.0. The molecular formula is C31H37ClN2O3. The molecule has 3 aromatic carbocycles. The molecule has 196 valence electrons. The second-order valence-electron chi connectivity index (χ2n) is 9.95. The third-order valence-corrected chi connectivity index (χ3v) is 6.93. The highest BCUT2D eigenvalue weighted by Gasteiger charge is 2.31. The zero-order chi connectivity index (χ0) is 26.9. The van der Waals surface area contributed by atoms with Crippen molar-refractivity contribution in [1.29, 1.82) is 0 Å². The topological polar surface area (TPSA) is 58.6 Å². The fourth-order valence-electron chi connectivity index (χ4n) is 4.16. The monoisotopic (exact) mass is 520 g/mol. The standard InChI is InChI=1S/C31H37ClN2O3/c1-21(2)18-33-31(36)28(17-25-12-7-6-8-13-25)34(19-26-14-10-9-11-22(26)3)29(35)20-37-27-15-23(4)30(32)24(5)16-27/h6-16,21,28H,17-20H2,1-5H3,(H,33,36). The number of ether oxygens (including phenoxy) is 1. The van der Waals surface area contributed by atoms with Gasteiger partial charge in [0.15, 0.2) is 6.61 Å². The number of nitrogens with one attached hydrogen (secondary N) is 1. The zero-order valence-electron chi connectivity index (χ0n) is 22.4. The van der Waals surface area contributed by atoms with Gasteiger partial charge in [0.05, 0.1) is 0 Å². The fraction of sp³-hybridized carbons (Fsp3) is 0.355. The first kappa shape index (κ1) is 28.3. The lowest BCUT2D eigenvalue weighted by molar-refractivity contribution is -0.142. The molecule has 0 saturated carbocycles. The summed E-state index contributed by atoms with van der Waals surface area (Å²) < 4.78 is 5.93. The summed E-state index contributed by atoms with van der Waals surface area (Å²) in [5, 5.41) is 3.73. The van der Waals surface area contributed by atoms with Crippen LogP contribution < -0.4 is 10.1 Å². The summed E-state index contributed by atoms with van der Waals surface area (Å²) in [6, 6.07) is 20.7. The third kappa shape index (κ3) is 8.09. The number of hydrogen-bond acceptors (Lipinski definition) is 3. The lowest BCUT2D eigenvalue weighted by Gasteiger charge is -2.32. The van der Waals surface area contributed by atoms with E-state index in [0.29, 0.717) is 36.2 Å². The van der Waals surface area contributed by atoms with Crippen LogP contribution in [-0.4, -0.2) is 35.9 Å². The molecule has 37 heavy (non-hydrogen) atoms. The van der Waals surface area contributed by atoms with Crippen LogP contribution in [0.15, 0.2) is 66.7 Å². The second-order valence-corrected chi connectivity index (χ2v) is 10.3. The first-order valence-corrected chi connectivity index (χ1v) is 13.1. The average Bonchev–Trinajstić information content (AvgIpc) is 2.88. The highest BCUT2D eigenvalue weighted by Crippen LogP contribution is 2.26. The van der Waals surface area contributed by atoms with E-state index < -0.39 is 6.04 Å². The van der Waals surface area contributed by atoms with Crippen LogP contribution in [0.4, 0.5) is 0 Å². The summed E-state index contributed by atoms with van der Waals surface area (Å²) in [5.74, 6) is 0.445. The molecule has 1 N–H and O–H groups in total. The number of rotatable bonds is 11. The van der Waals surface area contributed by atoms with Gasteiger partial charge in [-0.25, -0.2) is 0 Å². The van der Waals surface area contributed by atoms with Crippen molar-refractivity contribution >= 4 is 23.4 Å². The van der Waals surface area contributed by atoms with Gasteiger partial charge in [0.25, 0.3) is 5.91 Å². The molecule has 5 nitrogen and oxygen atoms in total. The van der Waals surface area contributed by atoms with Crippen molar-refractivity contribution in [2.75, 3.05) is 13.2 Å². The van der Waals surface area contributed by atoms with E-state index in [1.54, 1.807) is 4.90 Å². The van der Waals surface area contributed by atoms with E-state index in [-0.39, 0.29) is 18.4 Å². The largest absolute Gasteiger partial charge is 0.484 e. The first-order chi connectivity index (χ1) is 17.7. The van der Waals surface area contributed by atoms with Crippen molar-refractivity contribution < 1.29 is 14.3 Å². The van der Waals surface area contributed by atoms with Crippen LogP contribution in [0.5, 0.6) is 5.75 Å². The minimum atomic E-state index is -0.689. The number of benzene rings is 3. The molecule has 3 aromatic rings. The SMILES string of the molecule is Cc1ccccc1CN(C(=O)COc1cc(C)c(Cl)c(C)c1)C(Cc1ccccc1)C(=O)NCC(C)C. The maximum atomic E-state index is 13.7. The Hall–Kier alpha value is -3.31. The molecule has 0 heterocycles. The highest BCUT2D eigenvalue weighted by atomic mass is 35.5. The summed E-state index contributed by atoms with van der Waals surface area (Å²) in [7, 11) is 0. The summed E-state index contributed by atoms with van der Waals surface area (Å²) in [6.07, 6.45) is 0.404. The molecule has 3 rings (SSSR count). The van der Waals surface area contributed by atoms with E-state index in [4.69, 9.17) is 16.3 Å². The van der Waals surface area contributed by atoms with Crippen molar-refractivity contribution in [2.24, 2.45) is 5.92 Å². The smallest absolute Gasteiger partial charge is 0.261 e. The van der Waals surface area contributed by atoms with Crippen LogP contribution >= 0.6 is 11.6 Å². The minimum Gasteiger partial charge on any atom is -0.484 e. The quantitative estimate of drug-likeness (QED) is 0.334. The fourth-order valence-corrected chi connectivity index (χ4v) is 4.27. The number of hydrogen-bond donors (Lipinski definition) is 1. The highest BCUT2D eigenvalue weighted by molar-refractivity contribution is 6.32. The Morgan fingerprint density at radius 3 is 2.16 bits per heavy atom. The Bertz CT molecular complexity index is 1190. The van der Waals surface area contributed by atoms with Crippen LogP contribution in [0.2, 0.25) is 5.02 Å². The van der Waals surface area contributed by atoms with E-state index in [0.717, 1.165) is 27.8 Å². The molecule has 0 aliphatic rings. The van der Waals surface area contributed by atoms with Crippen LogP contribution in [-0.2, 0) is 22.6 Å². The molecule has 0 aliphatic carbocycles. The van der Waals surface area contributed by atoms with E-state index >= 15 is 0 Å². The van der Waals surface area contributed by atoms with Gasteiger partial charge in [0.2, 0.25) is 5.91 Å². The van der Waals surface area contributed by atoms with Gasteiger partial charge in [0, 0.05) is 24.5 Å². The predicted octanol–water partition coefficient (Wildman–Crippen LogP) is 6.06. The number of nitrogens with zero attached hydrogens (tertiary/aromatic N) is 1. The molecule has 6 heteroatoms. The number of amides is 2. The predicted molar refractivity (Wildman–Crippen MR) is 150 cm³/mol. The van der Waals surface area contributed by atoms with Gasteiger partial charge in [-0.15, -0.1) is 0 Å². The van der Waals surface area contributed by atoms with Gasteiger partial charge in [0.1, 0.15) is 11.8 Å². The molecule has 0 radical (unpaired) electrons. The van der Waals surface area contributed by atoms with E-state index in [2.05, 4.69) is 5.32 Å². The first-order valence-electron chi connectivity index (χ1n) is 12.7. The van der Waals surface area contributed by atoms with Gasteiger partial charge in [-0.05, 0) is 66.6 Å². The van der Waals surface area contributed by atoms with Gasteiger partial charge >= 0.3 is 0 Å². The molecule has 0 aromatic heterocycles. The summed E-state index contributed by atoms with van der Waals surface area (Å²) in [6.45, 7) is 10.6. The van der Waals surface area contributed by atoms with E-state index in [1.165, 1.54) is 0 Å². The van der Waals surface area contributed by atoms with Crippen molar-refractivity contribution in [2.45, 2.75) is 53.6 Å². The number of carbonyl (C=O) groups is 2. The Kier molecular flexibility index (Phi) is 10.2. The Balaban J connectivity index is 1.92. The summed E-state index contributed by atoms with van der Waals surface area (Å²) in [5.41, 5.74) is 4.81. The van der Waals surface area contributed by atoms with E-state index in [1.807, 2.05) is 101 Å². The maximum absolute atomic E-state index is 13.7. The molecule has 0 bridgehead atoms. The minimum absolute atomic E-state index is 0.169. The molecule has 0 aliphatic heterocycles. The van der Waals surface area contributed by atoms with Crippen molar-refractivity contribution in [3.63, 3.8) is 0 Å². The van der Waals surface area contributed by atoms with Crippen LogP contribution in [0.1, 0.15) is 41.7 Å². The van der Waals surface area contributed by atoms with Gasteiger partial charge in [-0.2, -0.15) is 0 Å². The zero-order valence-corrected chi connectivity index (χ0v) is 23.1. The Morgan fingerprint density at radius 1 is 0.919 bits per heavy atom. The van der Waals surface area contributed by atoms with Gasteiger partial charge in [-0.3, -0.25) is 9.59 Å². The molecule has 1 atom stereocenters. The van der Waals surface area contributed by atoms with Crippen molar-refractivity contribution in [3.05, 3.63) is 99.6 Å². The Morgan fingerprint density at radius 2 is 1.54 bits per heavy atom. The summed E-state index contributed by atoms with van der Waals surface area (Å²) in [4.78, 5) is 28.9. The average molecular weight is 521 g/mol. The van der Waals surface area contributed by atoms with Crippen LogP contribution in [0.25, 0.3) is 0 Å². The third-order valence-electron chi connectivity index (χ3n) is 6.33. The normalized spacial score (nSPS) is 11.8. The number of carbonyl (C=O) groups excluding carboxylic acids is 2. The van der Waals surface area contributed by atoms with Gasteiger partial charge in [-0.1, -0.05) is 80.0 Å². The molecule has 1 unspecified atom stereocenters. The maximum Gasteiger partial charge on any atom is 0.261 e. The Labute approximate surface area is 225 Å². The number of halogens is 1. The van der Waals surface area contributed by atoms with E-state index in [9.17, 15) is 9.59 Å². The van der Waals surface area contributed by atoms with Crippen molar-refractivity contribution in [1.82, 2.24) is 10.2 Å². The van der Waals surface area contributed by atoms with Gasteiger partial charge < -0.3 is 15.0 Å². The van der Waals surface area contributed by atoms with Crippen LogP contribution in [0.3, 0.4) is 0 Å². The van der Waals surface area contributed by atoms with Crippen LogP contribution in [0, 0.1) is 26.7 Å². The molecule has 0 fully saturated rings. The lowest BCUT2D eigenvalue weighted by Crippen LogP contribution is -2.52. The molecule has 0 spiro atoms. The molecule has 2 amide bonds. The van der Waals surface area contributed by atoms with Crippen molar-refractivity contribution in [3.8, 4) is 5.75 Å². The summed E-state index contributed by atoms with van der Waals surface area (Å²) >= 11 is 6.30. The number of aryl methyl sites for hydroxylation is 3. The second kappa shape index (κ2) is 13.3. The molecular weight excluding hydrogens is 484 g/mol.